The first kappa shape index (κ1) is 12.2. The number of aliphatic carboxylic acids is 1. The quantitative estimate of drug-likeness (QED) is 0.769. The Labute approximate surface area is 93.3 Å². The van der Waals surface area contributed by atoms with Crippen molar-refractivity contribution in [2.75, 3.05) is 6.54 Å². The van der Waals surface area contributed by atoms with Crippen LogP contribution in [0.3, 0.4) is 0 Å². The molecule has 0 fully saturated rings. The Morgan fingerprint density at radius 3 is 2.62 bits per heavy atom. The standard InChI is InChI=1S/C10H15N3O3/c1-10(2,9(15)16)5-11-8(14)7-4-13(3)6-12-7/h4,6H,5H2,1-3H3,(H,11,14)(H,15,16). The van der Waals surface area contributed by atoms with E-state index in [4.69, 9.17) is 5.11 Å². The van der Waals surface area contributed by atoms with Gasteiger partial charge in [0.25, 0.3) is 5.91 Å². The highest BCUT2D eigenvalue weighted by atomic mass is 16.4. The fourth-order valence-corrected chi connectivity index (χ4v) is 0.997. The van der Waals surface area contributed by atoms with E-state index in [2.05, 4.69) is 10.3 Å². The molecule has 0 saturated heterocycles. The molecular formula is C10H15N3O3. The number of carboxylic acid groups (broad SMARTS) is 1. The average molecular weight is 225 g/mol. The van der Waals surface area contributed by atoms with Crippen molar-refractivity contribution >= 4 is 11.9 Å². The van der Waals surface area contributed by atoms with Crippen LogP contribution >= 0.6 is 0 Å². The Morgan fingerprint density at radius 2 is 2.19 bits per heavy atom. The molecule has 6 nitrogen and oxygen atoms in total. The number of carboxylic acids is 1. The first-order valence-electron chi connectivity index (χ1n) is 4.82. The summed E-state index contributed by atoms with van der Waals surface area (Å²) in [5.41, 5.74) is -0.701. The molecule has 1 aromatic rings. The molecule has 1 rings (SSSR count). The van der Waals surface area contributed by atoms with Crippen LogP contribution in [0.1, 0.15) is 24.3 Å². The maximum Gasteiger partial charge on any atom is 0.310 e. The number of rotatable bonds is 4. The van der Waals surface area contributed by atoms with Crippen LogP contribution in [0, 0.1) is 5.41 Å². The van der Waals surface area contributed by atoms with Crippen molar-refractivity contribution in [2.24, 2.45) is 12.5 Å². The molecule has 1 aromatic heterocycles. The molecule has 1 heterocycles. The number of imidazole rings is 1. The van der Waals surface area contributed by atoms with Gasteiger partial charge in [-0.2, -0.15) is 0 Å². The topological polar surface area (TPSA) is 84.2 Å². The molecule has 0 saturated carbocycles. The fourth-order valence-electron chi connectivity index (χ4n) is 0.997. The first-order valence-corrected chi connectivity index (χ1v) is 4.82. The number of nitrogens with one attached hydrogen (secondary N) is 1. The van der Waals surface area contributed by atoms with Crippen molar-refractivity contribution in [3.8, 4) is 0 Å². The molecule has 16 heavy (non-hydrogen) atoms. The Bertz CT molecular complexity index is 409. The summed E-state index contributed by atoms with van der Waals surface area (Å²) in [5, 5.41) is 11.4. The van der Waals surface area contributed by atoms with Crippen molar-refractivity contribution < 1.29 is 14.7 Å². The first-order chi connectivity index (χ1) is 7.33. The van der Waals surface area contributed by atoms with Gasteiger partial charge in [0.2, 0.25) is 0 Å². The smallest absolute Gasteiger partial charge is 0.310 e. The molecule has 0 unspecified atom stereocenters. The highest BCUT2D eigenvalue weighted by Gasteiger charge is 2.27. The van der Waals surface area contributed by atoms with Crippen molar-refractivity contribution in [3.05, 3.63) is 18.2 Å². The summed E-state index contributed by atoms with van der Waals surface area (Å²) in [4.78, 5) is 26.2. The molecule has 0 spiro atoms. The van der Waals surface area contributed by atoms with E-state index in [1.54, 1.807) is 31.7 Å². The minimum absolute atomic E-state index is 0.0672. The van der Waals surface area contributed by atoms with Gasteiger partial charge < -0.3 is 15.0 Å². The summed E-state index contributed by atoms with van der Waals surface area (Å²) >= 11 is 0. The minimum Gasteiger partial charge on any atom is -0.481 e. The Morgan fingerprint density at radius 1 is 1.56 bits per heavy atom. The van der Waals surface area contributed by atoms with Crippen LogP contribution in [0.4, 0.5) is 0 Å². The Hall–Kier alpha value is -1.85. The van der Waals surface area contributed by atoms with Crippen LogP contribution in [0.2, 0.25) is 0 Å². The van der Waals surface area contributed by atoms with Gasteiger partial charge in [-0.15, -0.1) is 0 Å². The zero-order valence-corrected chi connectivity index (χ0v) is 9.52. The monoisotopic (exact) mass is 225 g/mol. The number of aryl methyl sites for hydroxylation is 1. The molecular weight excluding hydrogens is 210 g/mol. The van der Waals surface area contributed by atoms with Crippen LogP contribution in [0.15, 0.2) is 12.5 Å². The van der Waals surface area contributed by atoms with Crippen molar-refractivity contribution in [2.45, 2.75) is 13.8 Å². The van der Waals surface area contributed by atoms with E-state index in [9.17, 15) is 9.59 Å². The van der Waals surface area contributed by atoms with Gasteiger partial charge in [0.05, 0.1) is 11.7 Å². The molecule has 0 bridgehead atoms. The molecule has 0 atom stereocenters. The molecule has 0 aliphatic heterocycles. The van der Waals surface area contributed by atoms with Crippen molar-refractivity contribution in [1.29, 1.82) is 0 Å². The highest BCUT2D eigenvalue weighted by Crippen LogP contribution is 2.13. The lowest BCUT2D eigenvalue weighted by Gasteiger charge is -2.18. The predicted octanol–water partition coefficient (Wildman–Crippen LogP) is 0.261. The van der Waals surface area contributed by atoms with Gasteiger partial charge in [-0.05, 0) is 13.8 Å². The molecule has 0 aliphatic rings. The normalized spacial score (nSPS) is 11.2. The number of carbonyl (C=O) groups excluding carboxylic acids is 1. The third-order valence-electron chi connectivity index (χ3n) is 2.21. The fraction of sp³-hybridized carbons (Fsp3) is 0.500. The van der Waals surface area contributed by atoms with Gasteiger partial charge in [0, 0.05) is 19.8 Å². The SMILES string of the molecule is Cn1cnc(C(=O)NCC(C)(C)C(=O)O)c1. The van der Waals surface area contributed by atoms with Crippen molar-refractivity contribution in [1.82, 2.24) is 14.9 Å². The van der Waals surface area contributed by atoms with Gasteiger partial charge in [-0.3, -0.25) is 9.59 Å². The van der Waals surface area contributed by atoms with Crippen molar-refractivity contribution in [3.63, 3.8) is 0 Å². The number of hydrogen-bond acceptors (Lipinski definition) is 3. The molecule has 0 aliphatic carbocycles. The molecule has 0 aromatic carbocycles. The number of hydrogen-bond donors (Lipinski definition) is 2. The molecule has 2 N–H and O–H groups in total. The van der Waals surface area contributed by atoms with Crippen LogP contribution in [0.5, 0.6) is 0 Å². The number of aromatic nitrogens is 2. The molecule has 1 amide bonds. The van der Waals surface area contributed by atoms with Crippen LogP contribution in [-0.2, 0) is 11.8 Å². The average Bonchev–Trinajstić information content (AvgIpc) is 2.61. The summed E-state index contributed by atoms with van der Waals surface area (Å²) in [6.07, 6.45) is 3.08. The van der Waals surface area contributed by atoms with E-state index in [0.29, 0.717) is 0 Å². The molecule has 0 radical (unpaired) electrons. The number of amides is 1. The van der Waals surface area contributed by atoms with E-state index >= 15 is 0 Å². The maximum absolute atomic E-state index is 11.5. The maximum atomic E-state index is 11.5. The third kappa shape index (κ3) is 2.82. The third-order valence-corrected chi connectivity index (χ3v) is 2.21. The Balaban J connectivity index is 2.57. The van der Waals surface area contributed by atoms with Gasteiger partial charge in [-0.1, -0.05) is 0 Å². The van der Waals surface area contributed by atoms with E-state index in [1.165, 1.54) is 6.33 Å². The van der Waals surface area contributed by atoms with Crippen LogP contribution in [0.25, 0.3) is 0 Å². The van der Waals surface area contributed by atoms with E-state index in [0.717, 1.165) is 0 Å². The largest absolute Gasteiger partial charge is 0.481 e. The summed E-state index contributed by atoms with van der Waals surface area (Å²) in [7, 11) is 1.75. The summed E-state index contributed by atoms with van der Waals surface area (Å²) in [5.74, 6) is -1.32. The van der Waals surface area contributed by atoms with Gasteiger partial charge in [0.15, 0.2) is 0 Å². The summed E-state index contributed by atoms with van der Waals surface area (Å²) in [6, 6.07) is 0. The van der Waals surface area contributed by atoms with E-state index in [1.807, 2.05) is 0 Å². The van der Waals surface area contributed by atoms with Crippen LogP contribution < -0.4 is 5.32 Å². The minimum atomic E-state index is -0.982. The second kappa shape index (κ2) is 4.34. The second-order valence-corrected chi connectivity index (χ2v) is 4.30. The zero-order chi connectivity index (χ0) is 12.3. The Kier molecular flexibility index (Phi) is 3.31. The lowest BCUT2D eigenvalue weighted by molar-refractivity contribution is -0.146. The van der Waals surface area contributed by atoms with Gasteiger partial charge >= 0.3 is 5.97 Å². The lowest BCUT2D eigenvalue weighted by Crippen LogP contribution is -2.39. The van der Waals surface area contributed by atoms with Crippen LogP contribution in [-0.4, -0.2) is 33.1 Å². The van der Waals surface area contributed by atoms with Gasteiger partial charge in [0.1, 0.15) is 5.69 Å². The summed E-state index contributed by atoms with van der Waals surface area (Å²) in [6.45, 7) is 3.17. The van der Waals surface area contributed by atoms with E-state index < -0.39 is 11.4 Å². The second-order valence-electron chi connectivity index (χ2n) is 4.30. The zero-order valence-electron chi connectivity index (χ0n) is 9.52. The number of nitrogens with zero attached hydrogens (tertiary/aromatic N) is 2. The van der Waals surface area contributed by atoms with Gasteiger partial charge in [-0.25, -0.2) is 4.98 Å². The highest BCUT2D eigenvalue weighted by molar-refractivity contribution is 5.92. The lowest BCUT2D eigenvalue weighted by atomic mass is 9.94. The molecule has 88 valence electrons. The number of carbonyl (C=O) groups is 2. The van der Waals surface area contributed by atoms with E-state index in [-0.39, 0.29) is 18.1 Å². The summed E-state index contributed by atoms with van der Waals surface area (Å²) < 4.78 is 1.65. The molecule has 6 heteroatoms. The predicted molar refractivity (Wildman–Crippen MR) is 57.0 cm³/mol.